The van der Waals surface area contributed by atoms with Crippen molar-refractivity contribution < 1.29 is 0 Å². The highest BCUT2D eigenvalue weighted by Crippen LogP contribution is 2.23. The summed E-state index contributed by atoms with van der Waals surface area (Å²) >= 11 is 0. The van der Waals surface area contributed by atoms with Gasteiger partial charge in [0.25, 0.3) is 0 Å². The highest BCUT2D eigenvalue weighted by Gasteiger charge is 2.19. The number of aromatic nitrogens is 2. The maximum atomic E-state index is 4.70. The Balaban J connectivity index is 2.09. The zero-order valence-electron chi connectivity index (χ0n) is 14.0. The van der Waals surface area contributed by atoms with Gasteiger partial charge >= 0.3 is 0 Å². The normalized spacial score (nSPS) is 17.2. The summed E-state index contributed by atoms with van der Waals surface area (Å²) in [5.74, 6) is 3.10. The minimum absolute atomic E-state index is 0.328. The van der Waals surface area contributed by atoms with Crippen LogP contribution in [0.5, 0.6) is 0 Å². The number of nitrogens with one attached hydrogen (secondary N) is 2. The van der Waals surface area contributed by atoms with E-state index in [-0.39, 0.29) is 0 Å². The summed E-state index contributed by atoms with van der Waals surface area (Å²) < 4.78 is 0. The molecule has 118 valence electrons. The molecule has 0 radical (unpaired) electrons. The molecule has 0 aromatic carbocycles. The molecule has 0 bridgehead atoms. The first kappa shape index (κ1) is 16.0. The van der Waals surface area contributed by atoms with Gasteiger partial charge in [0.05, 0.1) is 0 Å². The molecule has 1 aromatic rings. The Morgan fingerprint density at radius 3 is 2.29 bits per heavy atom. The van der Waals surface area contributed by atoms with Crippen LogP contribution in [0.15, 0.2) is 0 Å². The fourth-order valence-electron chi connectivity index (χ4n) is 2.76. The molecule has 0 saturated carbocycles. The van der Waals surface area contributed by atoms with Gasteiger partial charge < -0.3 is 10.6 Å². The molecule has 1 saturated heterocycles. The Hall–Kier alpha value is -1.36. The van der Waals surface area contributed by atoms with Crippen molar-refractivity contribution in [2.24, 2.45) is 0 Å². The molecule has 1 aromatic heterocycles. The van der Waals surface area contributed by atoms with Crippen molar-refractivity contribution in [2.45, 2.75) is 52.5 Å². The fraction of sp³-hybridized carbons (Fsp3) is 0.750. The topological polar surface area (TPSA) is 53.1 Å². The largest absolute Gasteiger partial charge is 0.373 e. The van der Waals surface area contributed by atoms with Crippen molar-refractivity contribution in [3.8, 4) is 0 Å². The lowest BCUT2D eigenvalue weighted by Gasteiger charge is -2.25. The van der Waals surface area contributed by atoms with Gasteiger partial charge in [0, 0.05) is 31.1 Å². The van der Waals surface area contributed by atoms with E-state index in [0.717, 1.165) is 29.6 Å². The van der Waals surface area contributed by atoms with Crippen LogP contribution in [0.25, 0.3) is 0 Å². The van der Waals surface area contributed by atoms with Crippen LogP contribution in [0.2, 0.25) is 0 Å². The second-order valence-electron chi connectivity index (χ2n) is 6.28. The van der Waals surface area contributed by atoms with E-state index in [2.05, 4.69) is 48.2 Å². The number of anilines is 2. The first-order valence-corrected chi connectivity index (χ1v) is 8.07. The molecule has 0 amide bonds. The Morgan fingerprint density at radius 2 is 1.71 bits per heavy atom. The van der Waals surface area contributed by atoms with Gasteiger partial charge in [0.15, 0.2) is 0 Å². The Labute approximate surface area is 128 Å². The Morgan fingerprint density at radius 1 is 1.10 bits per heavy atom. The second-order valence-corrected chi connectivity index (χ2v) is 6.28. The maximum absolute atomic E-state index is 4.70. The predicted molar refractivity (Wildman–Crippen MR) is 89.2 cm³/mol. The number of likely N-dealkylation sites (tertiary alicyclic amines) is 1. The van der Waals surface area contributed by atoms with Crippen LogP contribution in [0.3, 0.4) is 0 Å². The van der Waals surface area contributed by atoms with E-state index in [4.69, 9.17) is 4.98 Å². The predicted octanol–water partition coefficient (Wildman–Crippen LogP) is 2.85. The van der Waals surface area contributed by atoms with Gasteiger partial charge in [0.2, 0.25) is 0 Å². The van der Waals surface area contributed by atoms with Gasteiger partial charge in [0.1, 0.15) is 17.5 Å². The minimum Gasteiger partial charge on any atom is -0.373 e. The zero-order valence-corrected chi connectivity index (χ0v) is 14.0. The summed E-state index contributed by atoms with van der Waals surface area (Å²) in [4.78, 5) is 11.8. The van der Waals surface area contributed by atoms with Crippen molar-refractivity contribution in [1.82, 2.24) is 14.9 Å². The molecule has 1 atom stereocenters. The molecular weight excluding hydrogens is 262 g/mol. The lowest BCUT2D eigenvalue weighted by Crippen LogP contribution is -2.35. The molecule has 1 aliphatic rings. The van der Waals surface area contributed by atoms with Crippen LogP contribution in [-0.2, 0) is 0 Å². The molecule has 2 N–H and O–H groups in total. The van der Waals surface area contributed by atoms with E-state index in [1.165, 1.54) is 25.9 Å². The molecule has 1 aliphatic heterocycles. The molecule has 0 aliphatic carbocycles. The van der Waals surface area contributed by atoms with Crippen molar-refractivity contribution in [3.05, 3.63) is 11.4 Å². The van der Waals surface area contributed by atoms with Crippen molar-refractivity contribution in [2.75, 3.05) is 37.3 Å². The van der Waals surface area contributed by atoms with Crippen molar-refractivity contribution >= 4 is 11.6 Å². The van der Waals surface area contributed by atoms with Crippen LogP contribution < -0.4 is 10.6 Å². The van der Waals surface area contributed by atoms with Crippen LogP contribution in [0.1, 0.15) is 50.9 Å². The molecule has 2 heterocycles. The third kappa shape index (κ3) is 3.84. The summed E-state index contributed by atoms with van der Waals surface area (Å²) in [6, 6.07) is 0.544. The van der Waals surface area contributed by atoms with Crippen LogP contribution in [0.4, 0.5) is 11.6 Å². The number of hydrogen-bond donors (Lipinski definition) is 2. The average molecular weight is 291 g/mol. The van der Waals surface area contributed by atoms with Gasteiger partial charge in [-0.05, 0) is 39.8 Å². The smallest absolute Gasteiger partial charge is 0.135 e. The van der Waals surface area contributed by atoms with Gasteiger partial charge in [-0.25, -0.2) is 9.97 Å². The monoisotopic (exact) mass is 291 g/mol. The summed E-state index contributed by atoms with van der Waals surface area (Å²) in [6.07, 6.45) is 2.66. The average Bonchev–Trinajstić information content (AvgIpc) is 2.99. The molecule has 1 fully saturated rings. The third-order valence-corrected chi connectivity index (χ3v) is 4.25. The first-order valence-electron chi connectivity index (χ1n) is 8.07. The summed E-state index contributed by atoms with van der Waals surface area (Å²) in [5, 5.41) is 6.70. The van der Waals surface area contributed by atoms with E-state index in [0.29, 0.717) is 12.0 Å². The Kier molecular flexibility index (Phi) is 5.39. The maximum Gasteiger partial charge on any atom is 0.135 e. The highest BCUT2D eigenvalue weighted by atomic mass is 15.2. The quantitative estimate of drug-likeness (QED) is 0.844. The number of nitrogens with zero attached hydrogens (tertiary/aromatic N) is 3. The van der Waals surface area contributed by atoms with Gasteiger partial charge in [-0.15, -0.1) is 0 Å². The molecule has 2 rings (SSSR count). The van der Waals surface area contributed by atoms with Crippen LogP contribution in [0, 0.1) is 6.92 Å². The van der Waals surface area contributed by atoms with Crippen LogP contribution in [-0.4, -0.2) is 47.6 Å². The van der Waals surface area contributed by atoms with Crippen molar-refractivity contribution in [1.29, 1.82) is 0 Å². The molecule has 21 heavy (non-hydrogen) atoms. The second kappa shape index (κ2) is 7.07. The molecule has 1 unspecified atom stereocenters. The molecular formula is C16H29N5. The van der Waals surface area contributed by atoms with Gasteiger partial charge in [-0.1, -0.05) is 13.8 Å². The molecule has 5 nitrogen and oxygen atoms in total. The highest BCUT2D eigenvalue weighted by molar-refractivity contribution is 5.57. The first-order chi connectivity index (χ1) is 10.0. The van der Waals surface area contributed by atoms with Crippen LogP contribution >= 0.6 is 0 Å². The van der Waals surface area contributed by atoms with E-state index < -0.39 is 0 Å². The molecule has 5 heteroatoms. The lowest BCUT2D eigenvalue weighted by molar-refractivity contribution is 0.269. The van der Waals surface area contributed by atoms with E-state index in [9.17, 15) is 0 Å². The molecule has 0 spiro atoms. The van der Waals surface area contributed by atoms with E-state index in [1.807, 2.05) is 7.05 Å². The third-order valence-electron chi connectivity index (χ3n) is 4.25. The van der Waals surface area contributed by atoms with Gasteiger partial charge in [-0.3, -0.25) is 4.90 Å². The number of rotatable bonds is 6. The summed E-state index contributed by atoms with van der Waals surface area (Å²) in [7, 11) is 1.91. The van der Waals surface area contributed by atoms with Gasteiger partial charge in [-0.2, -0.15) is 0 Å². The summed E-state index contributed by atoms with van der Waals surface area (Å²) in [5.41, 5.74) is 1.09. The zero-order chi connectivity index (χ0) is 15.4. The van der Waals surface area contributed by atoms with Crippen molar-refractivity contribution in [3.63, 3.8) is 0 Å². The minimum atomic E-state index is 0.328. The van der Waals surface area contributed by atoms with E-state index in [1.54, 1.807) is 0 Å². The standard InChI is InChI=1S/C16H29N5/c1-11(2)14-19-15(17-5)13(4)16(20-14)18-10-12(3)21-8-6-7-9-21/h11-12H,6-10H2,1-5H3,(H2,17,18,19,20). The number of hydrogen-bond acceptors (Lipinski definition) is 5. The SMILES string of the molecule is CNc1nc(C(C)C)nc(NCC(C)N2CCCC2)c1C. The lowest BCUT2D eigenvalue weighted by atomic mass is 10.2. The fourth-order valence-corrected chi connectivity index (χ4v) is 2.76. The van der Waals surface area contributed by atoms with E-state index >= 15 is 0 Å². The summed E-state index contributed by atoms with van der Waals surface area (Å²) in [6.45, 7) is 12.0. The Bertz CT molecular complexity index is 466.